The van der Waals surface area contributed by atoms with Crippen LogP contribution in [0.4, 0.5) is 11.4 Å². The van der Waals surface area contributed by atoms with E-state index in [4.69, 9.17) is 9.84 Å². The number of carbonyl (C=O) groups is 1. The number of aromatic carboxylic acids is 1. The molecule has 1 unspecified atom stereocenters. The molecule has 18 heavy (non-hydrogen) atoms. The quantitative estimate of drug-likeness (QED) is 0.592. The van der Waals surface area contributed by atoms with Crippen LogP contribution in [-0.2, 0) is 4.74 Å². The summed E-state index contributed by atoms with van der Waals surface area (Å²) in [7, 11) is 1.51. The molecule has 0 saturated carbocycles. The first-order valence-corrected chi connectivity index (χ1v) is 5.23. The first kappa shape index (κ1) is 13.9. The minimum absolute atomic E-state index is 0.00674. The molecule has 0 aliphatic heterocycles. The van der Waals surface area contributed by atoms with E-state index in [9.17, 15) is 14.9 Å². The van der Waals surface area contributed by atoms with Gasteiger partial charge in [-0.1, -0.05) is 0 Å². The Bertz CT molecular complexity index is 461. The molecule has 0 aromatic heterocycles. The van der Waals surface area contributed by atoms with Crippen LogP contribution in [0.1, 0.15) is 17.3 Å². The summed E-state index contributed by atoms with van der Waals surface area (Å²) in [6, 6.07) is 3.45. The molecule has 2 N–H and O–H groups in total. The summed E-state index contributed by atoms with van der Waals surface area (Å²) in [6.07, 6.45) is 0. The highest BCUT2D eigenvalue weighted by Crippen LogP contribution is 2.26. The molecule has 0 fully saturated rings. The van der Waals surface area contributed by atoms with Crippen molar-refractivity contribution in [2.45, 2.75) is 13.0 Å². The Morgan fingerprint density at radius 2 is 2.28 bits per heavy atom. The van der Waals surface area contributed by atoms with Crippen LogP contribution in [0.25, 0.3) is 0 Å². The number of anilines is 1. The Kier molecular flexibility index (Phi) is 4.61. The van der Waals surface area contributed by atoms with Gasteiger partial charge < -0.3 is 15.2 Å². The topological polar surface area (TPSA) is 102 Å². The van der Waals surface area contributed by atoms with E-state index in [1.807, 2.05) is 0 Å². The van der Waals surface area contributed by atoms with Gasteiger partial charge in [0.05, 0.1) is 17.1 Å². The van der Waals surface area contributed by atoms with Crippen molar-refractivity contribution in [1.29, 1.82) is 0 Å². The van der Waals surface area contributed by atoms with Crippen LogP contribution in [0.2, 0.25) is 0 Å². The SMILES string of the molecule is COCC(C)Nc1cc(C(=O)O)ccc1[N+](=O)[O-]. The molecule has 1 aromatic rings. The van der Waals surface area contributed by atoms with Gasteiger partial charge in [0, 0.05) is 19.2 Å². The van der Waals surface area contributed by atoms with Gasteiger partial charge in [-0.2, -0.15) is 0 Å². The molecule has 1 rings (SSSR count). The van der Waals surface area contributed by atoms with E-state index in [0.717, 1.165) is 0 Å². The lowest BCUT2D eigenvalue weighted by molar-refractivity contribution is -0.384. The van der Waals surface area contributed by atoms with Gasteiger partial charge in [-0.3, -0.25) is 10.1 Å². The normalized spacial score (nSPS) is 11.9. The molecule has 7 nitrogen and oxygen atoms in total. The van der Waals surface area contributed by atoms with Crippen molar-refractivity contribution in [3.63, 3.8) is 0 Å². The zero-order chi connectivity index (χ0) is 13.7. The van der Waals surface area contributed by atoms with Crippen molar-refractivity contribution in [1.82, 2.24) is 0 Å². The number of nitrogens with zero attached hydrogens (tertiary/aromatic N) is 1. The average molecular weight is 254 g/mol. The van der Waals surface area contributed by atoms with Crippen molar-refractivity contribution >= 4 is 17.3 Å². The van der Waals surface area contributed by atoms with Crippen LogP contribution >= 0.6 is 0 Å². The molecule has 0 amide bonds. The van der Waals surface area contributed by atoms with Gasteiger partial charge >= 0.3 is 5.97 Å². The summed E-state index contributed by atoms with van der Waals surface area (Å²) in [6.45, 7) is 2.13. The predicted octanol–water partition coefficient (Wildman–Crippen LogP) is 1.74. The monoisotopic (exact) mass is 254 g/mol. The first-order chi connectivity index (χ1) is 8.45. The van der Waals surface area contributed by atoms with Crippen molar-refractivity contribution in [3.05, 3.63) is 33.9 Å². The molecule has 1 aromatic carbocycles. The molecule has 0 aliphatic carbocycles. The molecule has 0 aliphatic rings. The standard InChI is InChI=1S/C11H14N2O5/c1-7(6-18-2)12-9-5-8(11(14)15)3-4-10(9)13(16)17/h3-5,7,12H,6H2,1-2H3,(H,14,15). The second-order valence-electron chi connectivity index (χ2n) is 3.79. The third kappa shape index (κ3) is 3.42. The Morgan fingerprint density at radius 1 is 1.61 bits per heavy atom. The van der Waals surface area contributed by atoms with E-state index in [1.54, 1.807) is 6.92 Å². The molecule has 1 atom stereocenters. The Balaban J connectivity index is 3.07. The van der Waals surface area contributed by atoms with E-state index in [1.165, 1.54) is 25.3 Å². The van der Waals surface area contributed by atoms with E-state index >= 15 is 0 Å². The lowest BCUT2D eigenvalue weighted by Gasteiger charge is -2.14. The highest BCUT2D eigenvalue weighted by atomic mass is 16.6. The fourth-order valence-corrected chi connectivity index (χ4v) is 1.50. The molecular weight excluding hydrogens is 240 g/mol. The number of benzene rings is 1. The molecule has 0 spiro atoms. The van der Waals surface area contributed by atoms with E-state index in [-0.39, 0.29) is 23.0 Å². The van der Waals surface area contributed by atoms with Crippen molar-refractivity contribution in [2.24, 2.45) is 0 Å². The maximum absolute atomic E-state index is 10.8. The number of nitro benzene ring substituents is 1. The summed E-state index contributed by atoms with van der Waals surface area (Å²) < 4.78 is 4.91. The van der Waals surface area contributed by atoms with E-state index in [2.05, 4.69) is 5.32 Å². The van der Waals surface area contributed by atoms with Crippen LogP contribution in [-0.4, -0.2) is 35.8 Å². The number of hydrogen-bond donors (Lipinski definition) is 2. The Labute approximate surface area is 104 Å². The second kappa shape index (κ2) is 5.97. The Morgan fingerprint density at radius 3 is 2.78 bits per heavy atom. The number of nitro groups is 1. The number of methoxy groups -OCH3 is 1. The number of rotatable bonds is 6. The fraction of sp³-hybridized carbons (Fsp3) is 0.364. The summed E-state index contributed by atoms with van der Waals surface area (Å²) in [5.41, 5.74) is 0.000111. The molecule has 98 valence electrons. The Hall–Kier alpha value is -2.15. The number of carboxylic acid groups (broad SMARTS) is 1. The van der Waals surface area contributed by atoms with Crippen LogP contribution in [0.5, 0.6) is 0 Å². The van der Waals surface area contributed by atoms with Gasteiger partial charge in [-0.25, -0.2) is 4.79 Å². The zero-order valence-corrected chi connectivity index (χ0v) is 10.0. The van der Waals surface area contributed by atoms with E-state index in [0.29, 0.717) is 6.61 Å². The number of ether oxygens (including phenoxy) is 1. The molecular formula is C11H14N2O5. The third-order valence-corrected chi connectivity index (χ3v) is 2.26. The molecule has 0 bridgehead atoms. The minimum atomic E-state index is -1.13. The van der Waals surface area contributed by atoms with Crippen LogP contribution in [0, 0.1) is 10.1 Å². The first-order valence-electron chi connectivity index (χ1n) is 5.23. The van der Waals surface area contributed by atoms with Crippen LogP contribution < -0.4 is 5.32 Å². The number of nitrogens with one attached hydrogen (secondary N) is 1. The lowest BCUT2D eigenvalue weighted by atomic mass is 10.1. The van der Waals surface area contributed by atoms with Gasteiger partial charge in [0.25, 0.3) is 5.69 Å². The highest BCUT2D eigenvalue weighted by molar-refractivity contribution is 5.90. The van der Waals surface area contributed by atoms with Gasteiger partial charge in [0.2, 0.25) is 0 Å². The maximum atomic E-state index is 10.8. The van der Waals surface area contributed by atoms with Crippen LogP contribution in [0.3, 0.4) is 0 Å². The smallest absolute Gasteiger partial charge is 0.335 e. The molecule has 7 heteroatoms. The van der Waals surface area contributed by atoms with Crippen molar-refractivity contribution < 1.29 is 19.6 Å². The summed E-state index contributed by atoms with van der Waals surface area (Å²) >= 11 is 0. The van der Waals surface area contributed by atoms with Gasteiger partial charge in [0.15, 0.2) is 0 Å². The largest absolute Gasteiger partial charge is 0.478 e. The van der Waals surface area contributed by atoms with Crippen molar-refractivity contribution in [2.75, 3.05) is 19.0 Å². The van der Waals surface area contributed by atoms with Gasteiger partial charge in [-0.05, 0) is 19.1 Å². The molecule has 0 radical (unpaired) electrons. The third-order valence-electron chi connectivity index (χ3n) is 2.26. The fourth-order valence-electron chi connectivity index (χ4n) is 1.50. The van der Waals surface area contributed by atoms with Gasteiger partial charge in [-0.15, -0.1) is 0 Å². The van der Waals surface area contributed by atoms with Gasteiger partial charge in [0.1, 0.15) is 5.69 Å². The maximum Gasteiger partial charge on any atom is 0.335 e. The average Bonchev–Trinajstić information content (AvgIpc) is 2.28. The zero-order valence-electron chi connectivity index (χ0n) is 10.0. The molecule has 0 saturated heterocycles. The lowest BCUT2D eigenvalue weighted by Crippen LogP contribution is -2.21. The summed E-state index contributed by atoms with van der Waals surface area (Å²) in [5.74, 6) is -1.13. The highest BCUT2D eigenvalue weighted by Gasteiger charge is 2.17. The second-order valence-corrected chi connectivity index (χ2v) is 3.79. The van der Waals surface area contributed by atoms with Crippen LogP contribution in [0.15, 0.2) is 18.2 Å². The summed E-state index contributed by atoms with van der Waals surface area (Å²) in [4.78, 5) is 21.1. The molecule has 0 heterocycles. The number of carboxylic acids is 1. The predicted molar refractivity (Wildman–Crippen MR) is 65.0 cm³/mol. The summed E-state index contributed by atoms with van der Waals surface area (Å²) in [5, 5.41) is 22.5. The number of hydrogen-bond acceptors (Lipinski definition) is 5. The van der Waals surface area contributed by atoms with Crippen molar-refractivity contribution in [3.8, 4) is 0 Å². The van der Waals surface area contributed by atoms with E-state index < -0.39 is 10.9 Å². The minimum Gasteiger partial charge on any atom is -0.478 e.